The molecule has 1 aliphatic rings. The van der Waals surface area contributed by atoms with Crippen molar-refractivity contribution in [2.24, 2.45) is 5.41 Å². The SMILES string of the molecule is CCCNCC1(CN(CCOC)C(C)CC)CCOC1. The van der Waals surface area contributed by atoms with E-state index in [2.05, 4.69) is 31.0 Å². The molecule has 4 nitrogen and oxygen atoms in total. The molecule has 2 atom stereocenters. The van der Waals surface area contributed by atoms with Crippen LogP contribution in [0, 0.1) is 5.41 Å². The first kappa shape index (κ1) is 17.9. The van der Waals surface area contributed by atoms with Crippen LogP contribution in [-0.4, -0.2) is 64.1 Å². The molecule has 1 heterocycles. The summed E-state index contributed by atoms with van der Waals surface area (Å²) in [4.78, 5) is 2.58. The number of ether oxygens (including phenoxy) is 2. The quantitative estimate of drug-likeness (QED) is 0.590. The van der Waals surface area contributed by atoms with Gasteiger partial charge in [-0.05, 0) is 32.7 Å². The lowest BCUT2D eigenvalue weighted by molar-refractivity contribution is 0.0655. The molecule has 1 saturated heterocycles. The van der Waals surface area contributed by atoms with Gasteiger partial charge in [0.05, 0.1) is 13.2 Å². The fraction of sp³-hybridized carbons (Fsp3) is 1.00. The van der Waals surface area contributed by atoms with Gasteiger partial charge in [0.2, 0.25) is 0 Å². The van der Waals surface area contributed by atoms with E-state index in [9.17, 15) is 0 Å². The summed E-state index contributed by atoms with van der Waals surface area (Å²) in [7, 11) is 1.78. The lowest BCUT2D eigenvalue weighted by Gasteiger charge is -2.37. The van der Waals surface area contributed by atoms with Crippen molar-refractivity contribution >= 4 is 0 Å². The highest BCUT2D eigenvalue weighted by atomic mass is 16.5. The second-order valence-corrected chi connectivity index (χ2v) is 6.20. The van der Waals surface area contributed by atoms with Gasteiger partial charge in [-0.3, -0.25) is 4.90 Å². The Labute approximate surface area is 125 Å². The molecule has 0 aromatic heterocycles. The molecule has 0 aliphatic carbocycles. The van der Waals surface area contributed by atoms with Gasteiger partial charge in [-0.1, -0.05) is 13.8 Å². The number of methoxy groups -OCH3 is 1. The summed E-state index contributed by atoms with van der Waals surface area (Å²) < 4.78 is 11.0. The van der Waals surface area contributed by atoms with Gasteiger partial charge < -0.3 is 14.8 Å². The summed E-state index contributed by atoms with van der Waals surface area (Å²) in [5.74, 6) is 0. The van der Waals surface area contributed by atoms with E-state index < -0.39 is 0 Å². The van der Waals surface area contributed by atoms with Crippen LogP contribution in [0.15, 0.2) is 0 Å². The largest absolute Gasteiger partial charge is 0.383 e. The lowest BCUT2D eigenvalue weighted by Crippen LogP contribution is -2.48. The van der Waals surface area contributed by atoms with Crippen LogP contribution in [0.25, 0.3) is 0 Å². The Morgan fingerprint density at radius 3 is 2.75 bits per heavy atom. The third-order valence-electron chi connectivity index (χ3n) is 4.45. The first-order valence-corrected chi connectivity index (χ1v) is 8.19. The van der Waals surface area contributed by atoms with Crippen molar-refractivity contribution in [3.05, 3.63) is 0 Å². The number of hydrogen-bond acceptors (Lipinski definition) is 4. The summed E-state index contributed by atoms with van der Waals surface area (Å²) >= 11 is 0. The highest BCUT2D eigenvalue weighted by molar-refractivity contribution is 4.89. The molecule has 0 aromatic carbocycles. The molecule has 0 amide bonds. The van der Waals surface area contributed by atoms with Gasteiger partial charge in [-0.15, -0.1) is 0 Å². The second-order valence-electron chi connectivity index (χ2n) is 6.20. The second kappa shape index (κ2) is 9.72. The highest BCUT2D eigenvalue weighted by Gasteiger charge is 2.37. The number of rotatable bonds is 11. The number of hydrogen-bond donors (Lipinski definition) is 1. The van der Waals surface area contributed by atoms with Gasteiger partial charge in [0.25, 0.3) is 0 Å². The first-order chi connectivity index (χ1) is 9.67. The summed E-state index contributed by atoms with van der Waals surface area (Å²) in [5, 5.41) is 3.60. The summed E-state index contributed by atoms with van der Waals surface area (Å²) in [6.45, 7) is 13.7. The minimum atomic E-state index is 0.284. The fourth-order valence-electron chi connectivity index (χ4n) is 2.85. The smallest absolute Gasteiger partial charge is 0.0589 e. The zero-order valence-electron chi connectivity index (χ0n) is 13.9. The monoisotopic (exact) mass is 286 g/mol. The molecule has 0 spiro atoms. The Hall–Kier alpha value is -0.160. The van der Waals surface area contributed by atoms with Crippen LogP contribution >= 0.6 is 0 Å². The van der Waals surface area contributed by atoms with Crippen LogP contribution < -0.4 is 5.32 Å². The normalized spacial score (nSPS) is 24.4. The summed E-state index contributed by atoms with van der Waals surface area (Å²) in [6.07, 6.45) is 3.54. The molecule has 2 unspecified atom stereocenters. The minimum Gasteiger partial charge on any atom is -0.383 e. The van der Waals surface area contributed by atoms with Crippen LogP contribution in [0.2, 0.25) is 0 Å². The van der Waals surface area contributed by atoms with E-state index in [1.54, 1.807) is 7.11 Å². The summed E-state index contributed by atoms with van der Waals surface area (Å²) in [6, 6.07) is 0.605. The summed E-state index contributed by atoms with van der Waals surface area (Å²) in [5.41, 5.74) is 0.284. The molecule has 1 fully saturated rings. The van der Waals surface area contributed by atoms with Gasteiger partial charge in [-0.2, -0.15) is 0 Å². The van der Waals surface area contributed by atoms with Crippen LogP contribution in [0.1, 0.15) is 40.0 Å². The Bertz CT molecular complexity index is 243. The maximum atomic E-state index is 5.71. The van der Waals surface area contributed by atoms with Crippen molar-refractivity contribution in [2.75, 3.05) is 53.1 Å². The Morgan fingerprint density at radius 1 is 1.40 bits per heavy atom. The predicted molar refractivity (Wildman–Crippen MR) is 84.2 cm³/mol. The van der Waals surface area contributed by atoms with E-state index in [-0.39, 0.29) is 5.41 Å². The molecular weight excluding hydrogens is 252 g/mol. The van der Waals surface area contributed by atoms with Gasteiger partial charge in [0.1, 0.15) is 0 Å². The van der Waals surface area contributed by atoms with Crippen LogP contribution in [0.4, 0.5) is 0 Å². The molecule has 1 rings (SSSR count). The molecular formula is C16H34N2O2. The van der Waals surface area contributed by atoms with Crippen molar-refractivity contribution in [1.82, 2.24) is 10.2 Å². The maximum Gasteiger partial charge on any atom is 0.0589 e. The molecule has 120 valence electrons. The number of nitrogens with one attached hydrogen (secondary N) is 1. The Balaban J connectivity index is 2.59. The molecule has 4 heteroatoms. The van der Waals surface area contributed by atoms with Crippen molar-refractivity contribution in [2.45, 2.75) is 46.1 Å². The fourth-order valence-corrected chi connectivity index (χ4v) is 2.85. The van der Waals surface area contributed by atoms with Crippen molar-refractivity contribution < 1.29 is 9.47 Å². The Kier molecular flexibility index (Phi) is 8.69. The van der Waals surface area contributed by atoms with E-state index in [0.29, 0.717) is 6.04 Å². The van der Waals surface area contributed by atoms with Gasteiger partial charge in [-0.25, -0.2) is 0 Å². The van der Waals surface area contributed by atoms with E-state index in [1.807, 2.05) is 0 Å². The standard InChI is InChI=1S/C16H34N2O2/c1-5-8-17-12-16(7-10-20-14-16)13-18(9-11-19-4)15(3)6-2/h15,17H,5-14H2,1-4H3. The first-order valence-electron chi connectivity index (χ1n) is 8.19. The zero-order chi connectivity index (χ0) is 14.8. The maximum absolute atomic E-state index is 5.71. The zero-order valence-corrected chi connectivity index (χ0v) is 13.9. The van der Waals surface area contributed by atoms with Gasteiger partial charge in [0.15, 0.2) is 0 Å². The van der Waals surface area contributed by atoms with Crippen molar-refractivity contribution in [3.63, 3.8) is 0 Å². The van der Waals surface area contributed by atoms with E-state index in [1.165, 1.54) is 19.3 Å². The molecule has 1 N–H and O–H groups in total. The third-order valence-corrected chi connectivity index (χ3v) is 4.45. The molecule has 0 aromatic rings. The van der Waals surface area contributed by atoms with Crippen LogP contribution in [-0.2, 0) is 9.47 Å². The molecule has 0 radical (unpaired) electrons. The van der Waals surface area contributed by atoms with Crippen molar-refractivity contribution in [3.8, 4) is 0 Å². The highest BCUT2D eigenvalue weighted by Crippen LogP contribution is 2.30. The molecule has 20 heavy (non-hydrogen) atoms. The van der Waals surface area contributed by atoms with E-state index in [0.717, 1.165) is 46.0 Å². The van der Waals surface area contributed by atoms with Crippen LogP contribution in [0.5, 0.6) is 0 Å². The molecule has 0 bridgehead atoms. The third kappa shape index (κ3) is 5.68. The average molecular weight is 286 g/mol. The van der Waals surface area contributed by atoms with Crippen molar-refractivity contribution in [1.29, 1.82) is 0 Å². The average Bonchev–Trinajstić information content (AvgIpc) is 2.92. The van der Waals surface area contributed by atoms with E-state index in [4.69, 9.17) is 9.47 Å². The number of nitrogens with zero attached hydrogens (tertiary/aromatic N) is 1. The molecule has 0 saturated carbocycles. The topological polar surface area (TPSA) is 33.7 Å². The molecule has 1 aliphatic heterocycles. The van der Waals surface area contributed by atoms with Crippen LogP contribution in [0.3, 0.4) is 0 Å². The lowest BCUT2D eigenvalue weighted by atomic mass is 9.86. The van der Waals surface area contributed by atoms with E-state index >= 15 is 0 Å². The minimum absolute atomic E-state index is 0.284. The Morgan fingerprint density at radius 2 is 2.20 bits per heavy atom. The van der Waals surface area contributed by atoms with Gasteiger partial charge >= 0.3 is 0 Å². The van der Waals surface area contributed by atoms with Gasteiger partial charge in [0, 0.05) is 44.8 Å². The predicted octanol–water partition coefficient (Wildman–Crippen LogP) is 2.14.